The van der Waals surface area contributed by atoms with Crippen LogP contribution in [0.25, 0.3) is 0 Å². The number of quaternary nitrogens is 1. The van der Waals surface area contributed by atoms with Crippen LogP contribution in [0.1, 0.15) is 50.2 Å². The molecule has 4 aliphatic rings. The number of hydrogen-bond acceptors (Lipinski definition) is 7. The van der Waals surface area contributed by atoms with Crippen LogP contribution < -0.4 is 20.1 Å². The van der Waals surface area contributed by atoms with Gasteiger partial charge in [0, 0.05) is 31.5 Å². The fourth-order valence-electron chi connectivity index (χ4n) is 5.52. The molecule has 1 saturated carbocycles. The van der Waals surface area contributed by atoms with E-state index in [1.54, 1.807) is 14.2 Å². The van der Waals surface area contributed by atoms with Crippen LogP contribution in [0, 0.1) is 11.8 Å². The summed E-state index contributed by atoms with van der Waals surface area (Å²) in [6.45, 7) is 5.44. The number of nitrogens with zero attached hydrogens (tertiary/aromatic N) is 1. The SMILES string of the molecule is COc1ccc([C@H](CC2=C(Cl)C[NH2+]C=C2Cl)OC(=O)C2C=CC(NCCN3CCCC3)=C(OCC3CC3)C2)cc1OC. The summed E-state index contributed by atoms with van der Waals surface area (Å²) in [6.07, 6.45) is 10.8. The molecule has 228 valence electrons. The molecule has 5 rings (SSSR count). The van der Waals surface area contributed by atoms with Crippen molar-refractivity contribution in [1.29, 1.82) is 0 Å². The zero-order valence-corrected chi connectivity index (χ0v) is 26.0. The lowest BCUT2D eigenvalue weighted by Crippen LogP contribution is -2.79. The summed E-state index contributed by atoms with van der Waals surface area (Å²) in [4.78, 5) is 16.2. The summed E-state index contributed by atoms with van der Waals surface area (Å²) in [5.41, 5.74) is 2.50. The first-order chi connectivity index (χ1) is 20.4. The molecule has 2 aliphatic carbocycles. The van der Waals surface area contributed by atoms with Crippen molar-refractivity contribution in [3.05, 3.63) is 69.2 Å². The molecule has 1 saturated heterocycles. The van der Waals surface area contributed by atoms with E-state index in [1.165, 1.54) is 25.7 Å². The van der Waals surface area contributed by atoms with Gasteiger partial charge in [-0.05, 0) is 68.5 Å². The Hall–Kier alpha value is -2.65. The lowest BCUT2D eigenvalue weighted by Gasteiger charge is -2.27. The van der Waals surface area contributed by atoms with E-state index < -0.39 is 12.0 Å². The van der Waals surface area contributed by atoms with Crippen molar-refractivity contribution in [2.45, 2.75) is 44.6 Å². The van der Waals surface area contributed by atoms with Gasteiger partial charge in [0.15, 0.2) is 11.5 Å². The van der Waals surface area contributed by atoms with Crippen molar-refractivity contribution < 1.29 is 29.1 Å². The second kappa shape index (κ2) is 14.7. The number of ether oxygens (including phenoxy) is 4. The van der Waals surface area contributed by atoms with Crippen LogP contribution in [0.2, 0.25) is 0 Å². The van der Waals surface area contributed by atoms with E-state index in [4.69, 9.17) is 42.1 Å². The standard InChI is InChI=1S/C32H41Cl2N3O5/c1-39-28-10-8-22(15-31(28)40-2)29(17-24-25(33)18-35-19-26(24)34)42-32(38)23-7-9-27(30(16-23)41-20-21-5-6-21)36-11-14-37-12-3-4-13-37/h7-10,15,18,21,23,29,35-36H,3-6,11-14,16-17,19-20H2,1-2H3/p+1/t23?,29-/m0/s1. The van der Waals surface area contributed by atoms with Gasteiger partial charge in [-0.1, -0.05) is 35.3 Å². The molecular weight excluding hydrogens is 577 g/mol. The fourth-order valence-corrected chi connectivity index (χ4v) is 6.11. The first-order valence-corrected chi connectivity index (χ1v) is 15.7. The maximum atomic E-state index is 13.7. The third kappa shape index (κ3) is 8.04. The molecule has 2 aliphatic heterocycles. The second-order valence-corrected chi connectivity index (χ2v) is 12.2. The fraction of sp³-hybridized carbons (Fsp3) is 0.531. The molecule has 1 aromatic rings. The molecular formula is C32H42Cl2N3O5+. The number of carbonyl (C=O) groups excluding carboxylic acids is 1. The third-order valence-electron chi connectivity index (χ3n) is 8.24. The Balaban J connectivity index is 1.31. The highest BCUT2D eigenvalue weighted by atomic mass is 35.5. The Bertz CT molecular complexity index is 1250. The number of methoxy groups -OCH3 is 2. The molecule has 2 fully saturated rings. The zero-order valence-electron chi connectivity index (χ0n) is 24.5. The van der Waals surface area contributed by atoms with Crippen LogP contribution in [0.3, 0.4) is 0 Å². The lowest BCUT2D eigenvalue weighted by atomic mass is 9.96. The monoisotopic (exact) mass is 618 g/mol. The summed E-state index contributed by atoms with van der Waals surface area (Å²) in [5.74, 6) is 1.79. The van der Waals surface area contributed by atoms with Crippen LogP contribution in [-0.2, 0) is 14.3 Å². The van der Waals surface area contributed by atoms with E-state index >= 15 is 0 Å². The van der Waals surface area contributed by atoms with Crippen LogP contribution in [-0.4, -0.2) is 64.4 Å². The number of hydrogen-bond donors (Lipinski definition) is 2. The average Bonchev–Trinajstić information content (AvgIpc) is 3.69. The van der Waals surface area contributed by atoms with E-state index in [9.17, 15) is 4.79 Å². The van der Waals surface area contributed by atoms with Crippen LogP contribution >= 0.6 is 23.2 Å². The number of allylic oxidation sites excluding steroid dienone is 3. The maximum absolute atomic E-state index is 13.7. The number of likely N-dealkylation sites (tertiary alicyclic amines) is 1. The second-order valence-electron chi connectivity index (χ2n) is 11.3. The topological polar surface area (TPSA) is 85.9 Å². The van der Waals surface area contributed by atoms with E-state index in [2.05, 4.69) is 10.2 Å². The molecule has 8 nitrogen and oxygen atoms in total. The molecule has 0 aromatic heterocycles. The lowest BCUT2D eigenvalue weighted by molar-refractivity contribution is -0.580. The number of nitrogens with two attached hydrogens (primary N) is 1. The van der Waals surface area contributed by atoms with Crippen LogP contribution in [0.5, 0.6) is 11.5 Å². The van der Waals surface area contributed by atoms with E-state index in [1.807, 2.05) is 41.9 Å². The van der Waals surface area contributed by atoms with Crippen molar-refractivity contribution in [1.82, 2.24) is 10.2 Å². The number of benzene rings is 1. The van der Waals surface area contributed by atoms with Crippen LogP contribution in [0.15, 0.2) is 63.6 Å². The number of rotatable bonds is 14. The first-order valence-electron chi connectivity index (χ1n) is 14.9. The van der Waals surface area contributed by atoms with Crippen molar-refractivity contribution in [2.75, 3.05) is 53.6 Å². The molecule has 1 unspecified atom stereocenters. The molecule has 42 heavy (non-hydrogen) atoms. The van der Waals surface area contributed by atoms with E-state index in [0.717, 1.165) is 48.8 Å². The highest BCUT2D eigenvalue weighted by Crippen LogP contribution is 2.38. The van der Waals surface area contributed by atoms with Gasteiger partial charge in [0.2, 0.25) is 0 Å². The number of halogens is 2. The highest BCUT2D eigenvalue weighted by molar-refractivity contribution is 6.35. The minimum Gasteiger partial charge on any atom is -0.495 e. The molecule has 10 heteroatoms. The van der Waals surface area contributed by atoms with Crippen LogP contribution in [0.4, 0.5) is 0 Å². The first kappa shape index (κ1) is 30.8. The predicted octanol–water partition coefficient (Wildman–Crippen LogP) is 4.73. The van der Waals surface area contributed by atoms with Crippen molar-refractivity contribution in [3.8, 4) is 11.5 Å². The van der Waals surface area contributed by atoms with Crippen molar-refractivity contribution in [2.24, 2.45) is 11.8 Å². The van der Waals surface area contributed by atoms with Gasteiger partial charge in [-0.2, -0.15) is 0 Å². The highest BCUT2D eigenvalue weighted by Gasteiger charge is 2.31. The molecule has 0 radical (unpaired) electrons. The van der Waals surface area contributed by atoms with Gasteiger partial charge in [-0.25, -0.2) is 0 Å². The Morgan fingerprint density at radius 2 is 1.93 bits per heavy atom. The number of carbonyl (C=O) groups is 1. The largest absolute Gasteiger partial charge is 0.495 e. The summed E-state index contributed by atoms with van der Waals surface area (Å²) in [5, 5.41) is 6.67. The zero-order chi connectivity index (χ0) is 29.5. The smallest absolute Gasteiger partial charge is 0.313 e. The minimum atomic E-state index is -0.630. The summed E-state index contributed by atoms with van der Waals surface area (Å²) < 4.78 is 23.5. The van der Waals surface area contributed by atoms with Crippen molar-refractivity contribution >= 4 is 29.2 Å². The average molecular weight is 620 g/mol. The molecule has 1 aromatic carbocycles. The molecule has 0 amide bonds. The van der Waals surface area contributed by atoms with Gasteiger partial charge in [0.1, 0.15) is 24.6 Å². The number of esters is 1. The molecule has 0 spiro atoms. The molecule has 2 heterocycles. The Kier molecular flexibility index (Phi) is 10.8. The van der Waals surface area contributed by atoms with Gasteiger partial charge in [-0.3, -0.25) is 4.79 Å². The summed E-state index contributed by atoms with van der Waals surface area (Å²) in [7, 11) is 3.17. The van der Waals surface area contributed by atoms with E-state index in [-0.39, 0.29) is 5.97 Å². The Morgan fingerprint density at radius 1 is 1.14 bits per heavy atom. The van der Waals surface area contributed by atoms with Gasteiger partial charge in [0.05, 0.1) is 42.5 Å². The van der Waals surface area contributed by atoms with Gasteiger partial charge in [0.25, 0.3) is 0 Å². The Labute approximate surface area is 258 Å². The predicted molar refractivity (Wildman–Crippen MR) is 163 cm³/mol. The maximum Gasteiger partial charge on any atom is 0.313 e. The molecule has 2 atom stereocenters. The molecule has 3 N–H and O–H groups in total. The Morgan fingerprint density at radius 3 is 2.64 bits per heavy atom. The normalized spacial score (nSPS) is 21.7. The number of nitrogens with one attached hydrogen (secondary N) is 1. The summed E-state index contributed by atoms with van der Waals surface area (Å²) >= 11 is 13.1. The van der Waals surface area contributed by atoms with Gasteiger partial charge < -0.3 is 34.5 Å². The molecule has 0 bridgehead atoms. The third-order valence-corrected chi connectivity index (χ3v) is 8.98. The summed E-state index contributed by atoms with van der Waals surface area (Å²) in [6, 6.07) is 5.52. The van der Waals surface area contributed by atoms with Gasteiger partial charge >= 0.3 is 5.97 Å². The van der Waals surface area contributed by atoms with Crippen molar-refractivity contribution in [3.63, 3.8) is 0 Å². The quantitative estimate of drug-likeness (QED) is 0.292. The van der Waals surface area contributed by atoms with E-state index in [0.29, 0.717) is 53.5 Å². The minimum absolute atomic E-state index is 0.325. The van der Waals surface area contributed by atoms with Gasteiger partial charge in [-0.15, -0.1) is 0 Å².